The number of aromatic nitrogens is 1. The first-order valence-corrected chi connectivity index (χ1v) is 17.4. The quantitative estimate of drug-likeness (QED) is 0.437. The molecule has 2 saturated heterocycles. The van der Waals surface area contributed by atoms with Gasteiger partial charge in [0.2, 0.25) is 10.0 Å². The summed E-state index contributed by atoms with van der Waals surface area (Å²) in [7, 11) is -6.85. The topological polar surface area (TPSA) is 135 Å². The van der Waals surface area contributed by atoms with Crippen molar-refractivity contribution in [2.75, 3.05) is 42.7 Å². The minimum absolute atomic E-state index is 0.0609. The molecule has 2 aromatic carbocycles. The lowest BCUT2D eigenvalue weighted by Gasteiger charge is -2.28. The summed E-state index contributed by atoms with van der Waals surface area (Å²) in [5.74, 6) is 0.433. The summed E-state index contributed by atoms with van der Waals surface area (Å²) >= 11 is 1.25. The van der Waals surface area contributed by atoms with Crippen LogP contribution in [0.3, 0.4) is 0 Å². The second-order valence-electron chi connectivity index (χ2n) is 11.2. The van der Waals surface area contributed by atoms with Crippen molar-refractivity contribution in [2.45, 2.75) is 50.1 Å². The van der Waals surface area contributed by atoms with Crippen molar-refractivity contribution in [3.05, 3.63) is 41.4 Å². The van der Waals surface area contributed by atoms with Crippen LogP contribution in [0.1, 0.15) is 43.4 Å². The maximum Gasteiger partial charge on any atom is 0.280 e. The highest BCUT2D eigenvalue weighted by Crippen LogP contribution is 2.41. The summed E-state index contributed by atoms with van der Waals surface area (Å²) in [6, 6.07) is 10.5. The number of anilines is 1. The van der Waals surface area contributed by atoms with Crippen molar-refractivity contribution in [2.24, 2.45) is 0 Å². The van der Waals surface area contributed by atoms with Crippen LogP contribution in [0.4, 0.5) is 5.82 Å². The van der Waals surface area contributed by atoms with Gasteiger partial charge in [0.15, 0.2) is 5.01 Å². The minimum Gasteiger partial charge on any atom is -0.378 e. The predicted molar refractivity (Wildman–Crippen MR) is 157 cm³/mol. The minimum atomic E-state index is -3.80. The van der Waals surface area contributed by atoms with Gasteiger partial charge < -0.3 is 15.0 Å². The van der Waals surface area contributed by atoms with Gasteiger partial charge in [0.25, 0.3) is 5.91 Å². The van der Waals surface area contributed by atoms with Gasteiger partial charge in [0.1, 0.15) is 15.7 Å². The largest absolute Gasteiger partial charge is 0.378 e. The number of hydrogen-bond acceptors (Lipinski definition) is 9. The molecule has 13 heteroatoms. The number of benzene rings is 2. The summed E-state index contributed by atoms with van der Waals surface area (Å²) < 4.78 is 58.5. The number of amides is 1. The molecule has 3 heterocycles. The van der Waals surface area contributed by atoms with Crippen LogP contribution in [0.25, 0.3) is 21.2 Å². The van der Waals surface area contributed by atoms with E-state index < -0.39 is 25.4 Å². The Morgan fingerprint density at radius 1 is 1.05 bits per heavy atom. The molecule has 2 fully saturated rings. The van der Waals surface area contributed by atoms with E-state index in [4.69, 9.17) is 9.72 Å². The molecule has 10 nitrogen and oxygen atoms in total. The summed E-state index contributed by atoms with van der Waals surface area (Å²) in [5, 5.41) is 4.56. The fraction of sp³-hybridized carbons (Fsp3) is 0.481. The lowest BCUT2D eigenvalue weighted by molar-refractivity contribution is 0.0934. The Morgan fingerprint density at radius 3 is 2.35 bits per heavy atom. The lowest BCUT2D eigenvalue weighted by atomic mass is 10.0. The highest BCUT2D eigenvalue weighted by molar-refractivity contribution is 7.91. The number of nitrogens with zero attached hydrogens (tertiary/aromatic N) is 2. The Labute approximate surface area is 239 Å². The van der Waals surface area contributed by atoms with Crippen molar-refractivity contribution in [3.8, 4) is 10.4 Å². The lowest BCUT2D eigenvalue weighted by Crippen LogP contribution is -2.41. The second kappa shape index (κ2) is 11.0. The van der Waals surface area contributed by atoms with E-state index in [1.165, 1.54) is 11.3 Å². The molecule has 0 atom stereocenters. The SMILES string of the molecule is CC(C)(C)NS(=O)(=O)c1ccc(-c2sc(C(=O)NC3CCS(=O)(=O)CC3)nc2N2CCOCC2)c2ccccc12. The number of hydrogen-bond donors (Lipinski definition) is 2. The number of rotatable bonds is 6. The number of sulfonamides is 1. The molecule has 0 bridgehead atoms. The Kier molecular flexibility index (Phi) is 7.96. The van der Waals surface area contributed by atoms with E-state index in [0.717, 1.165) is 15.8 Å². The predicted octanol–water partition coefficient (Wildman–Crippen LogP) is 3.18. The maximum absolute atomic E-state index is 13.3. The number of carbonyl (C=O) groups is 1. The Balaban J connectivity index is 1.56. The van der Waals surface area contributed by atoms with Gasteiger partial charge in [-0.1, -0.05) is 30.3 Å². The fourth-order valence-electron chi connectivity index (χ4n) is 5.02. The van der Waals surface area contributed by atoms with Gasteiger partial charge in [0.05, 0.1) is 34.5 Å². The number of fused-ring (bicyclic) bond motifs is 1. The van der Waals surface area contributed by atoms with Gasteiger partial charge >= 0.3 is 0 Å². The molecule has 1 amide bonds. The molecule has 0 saturated carbocycles. The Bertz CT molecular complexity index is 1620. The number of ether oxygens (including phenoxy) is 1. The standard InChI is InChI=1S/C27H34N4O6S3/c1-27(2,3)30-40(35,36)22-9-8-21(19-6-4-5-7-20(19)22)23-24(31-12-14-37-15-13-31)29-26(38-23)25(32)28-18-10-16-39(33,34)17-11-18/h4-9,18,30H,10-17H2,1-3H3,(H,28,32). The highest BCUT2D eigenvalue weighted by atomic mass is 32.2. The van der Waals surface area contributed by atoms with Crippen LogP contribution in [0.5, 0.6) is 0 Å². The van der Waals surface area contributed by atoms with Crippen LogP contribution in [0.2, 0.25) is 0 Å². The number of morpholine rings is 1. The van der Waals surface area contributed by atoms with E-state index in [0.29, 0.717) is 50.3 Å². The van der Waals surface area contributed by atoms with Crippen LogP contribution in [0, 0.1) is 0 Å². The van der Waals surface area contributed by atoms with Gasteiger partial charge in [0, 0.05) is 35.6 Å². The van der Waals surface area contributed by atoms with Crippen LogP contribution in [0.15, 0.2) is 41.3 Å². The first-order chi connectivity index (χ1) is 18.8. The summed E-state index contributed by atoms with van der Waals surface area (Å²) in [4.78, 5) is 21.1. The first kappa shape index (κ1) is 28.9. The fourth-order valence-corrected chi connectivity index (χ4v) is 9.17. The molecule has 0 spiro atoms. The van der Waals surface area contributed by atoms with Gasteiger partial charge in [-0.3, -0.25) is 4.79 Å². The van der Waals surface area contributed by atoms with Crippen LogP contribution < -0.4 is 14.9 Å². The van der Waals surface area contributed by atoms with E-state index in [2.05, 4.69) is 14.9 Å². The molecule has 2 N–H and O–H groups in total. The van der Waals surface area contributed by atoms with Crippen LogP contribution in [-0.2, 0) is 24.6 Å². The molecule has 40 heavy (non-hydrogen) atoms. The molecule has 2 aliphatic heterocycles. The van der Waals surface area contributed by atoms with E-state index in [-0.39, 0.29) is 33.4 Å². The second-order valence-corrected chi connectivity index (χ2v) is 16.1. The molecular formula is C27H34N4O6S3. The number of nitrogens with one attached hydrogen (secondary N) is 2. The average Bonchev–Trinajstić information content (AvgIpc) is 3.34. The molecule has 216 valence electrons. The third-order valence-electron chi connectivity index (χ3n) is 6.86. The van der Waals surface area contributed by atoms with Gasteiger partial charge in [-0.2, -0.15) is 0 Å². The normalized spacial score (nSPS) is 18.6. The Morgan fingerprint density at radius 2 is 1.70 bits per heavy atom. The zero-order valence-corrected chi connectivity index (χ0v) is 25.2. The first-order valence-electron chi connectivity index (χ1n) is 13.2. The molecule has 0 aliphatic carbocycles. The van der Waals surface area contributed by atoms with Crippen molar-refractivity contribution in [3.63, 3.8) is 0 Å². The van der Waals surface area contributed by atoms with Crippen molar-refractivity contribution in [1.82, 2.24) is 15.0 Å². The van der Waals surface area contributed by atoms with Gasteiger partial charge in [-0.25, -0.2) is 26.5 Å². The van der Waals surface area contributed by atoms with Crippen LogP contribution in [-0.4, -0.2) is 77.1 Å². The average molecular weight is 607 g/mol. The maximum atomic E-state index is 13.3. The van der Waals surface area contributed by atoms with E-state index in [1.54, 1.807) is 45.0 Å². The van der Waals surface area contributed by atoms with Gasteiger partial charge in [-0.05, 0) is 45.1 Å². The van der Waals surface area contributed by atoms with Crippen molar-refractivity contribution >= 4 is 53.7 Å². The zero-order chi connectivity index (χ0) is 28.7. The van der Waals surface area contributed by atoms with E-state index in [1.807, 2.05) is 12.1 Å². The number of sulfone groups is 1. The summed E-state index contributed by atoms with van der Waals surface area (Å²) in [5.41, 5.74) is 0.136. The molecule has 0 unspecified atom stereocenters. The highest BCUT2D eigenvalue weighted by Gasteiger charge is 2.30. The number of carbonyl (C=O) groups excluding carboxylic acids is 1. The molecular weight excluding hydrogens is 573 g/mol. The third kappa shape index (κ3) is 6.33. The van der Waals surface area contributed by atoms with Crippen molar-refractivity contribution in [1.29, 1.82) is 0 Å². The molecule has 1 aromatic heterocycles. The van der Waals surface area contributed by atoms with Crippen LogP contribution >= 0.6 is 11.3 Å². The zero-order valence-electron chi connectivity index (χ0n) is 22.8. The number of thiazole rings is 1. The molecule has 2 aliphatic rings. The Hall–Kier alpha value is -2.58. The summed E-state index contributed by atoms with van der Waals surface area (Å²) in [6.45, 7) is 7.68. The summed E-state index contributed by atoms with van der Waals surface area (Å²) in [6.07, 6.45) is 0.762. The monoisotopic (exact) mass is 606 g/mol. The van der Waals surface area contributed by atoms with Crippen molar-refractivity contribution < 1.29 is 26.4 Å². The van der Waals surface area contributed by atoms with E-state index >= 15 is 0 Å². The molecule has 0 radical (unpaired) electrons. The third-order valence-corrected chi connectivity index (χ3v) is 11.5. The molecule has 5 rings (SSSR count). The van der Waals surface area contributed by atoms with Gasteiger partial charge in [-0.15, -0.1) is 11.3 Å². The smallest absolute Gasteiger partial charge is 0.280 e. The van der Waals surface area contributed by atoms with E-state index in [9.17, 15) is 21.6 Å². The molecule has 3 aromatic rings.